The van der Waals surface area contributed by atoms with Crippen molar-refractivity contribution >= 4 is 5.91 Å². The van der Waals surface area contributed by atoms with Crippen LogP contribution in [0.4, 0.5) is 0 Å². The third kappa shape index (κ3) is 0.933. The van der Waals surface area contributed by atoms with Crippen molar-refractivity contribution in [1.29, 1.82) is 0 Å². The summed E-state index contributed by atoms with van der Waals surface area (Å²) in [5, 5.41) is 25.4. The van der Waals surface area contributed by atoms with Crippen molar-refractivity contribution in [2.45, 2.75) is 0 Å². The highest BCUT2D eigenvalue weighted by molar-refractivity contribution is 5.86. The molecule has 1 aliphatic rings. The van der Waals surface area contributed by atoms with Crippen LogP contribution in [0.25, 0.3) is 0 Å². The molecule has 0 aromatic carbocycles. The van der Waals surface area contributed by atoms with E-state index >= 15 is 0 Å². The number of hydroxylamine groups is 2. The van der Waals surface area contributed by atoms with E-state index in [4.69, 9.17) is 15.6 Å². The second-order valence-corrected chi connectivity index (χ2v) is 1.53. The standard InChI is InChI=1S/C3H5N3O4/c7-3-1-2-4(8)6(10)5(3)9/h1-2,8-10H. The summed E-state index contributed by atoms with van der Waals surface area (Å²) < 4.78 is 0. The van der Waals surface area contributed by atoms with E-state index in [9.17, 15) is 4.79 Å². The Morgan fingerprint density at radius 2 is 1.90 bits per heavy atom. The largest absolute Gasteiger partial charge is 0.290 e. The van der Waals surface area contributed by atoms with Crippen molar-refractivity contribution in [3.8, 4) is 0 Å². The first kappa shape index (κ1) is 6.96. The Morgan fingerprint density at radius 3 is 2.40 bits per heavy atom. The maximum atomic E-state index is 10.4. The second-order valence-electron chi connectivity index (χ2n) is 1.53. The first-order valence-electron chi connectivity index (χ1n) is 2.31. The Hall–Kier alpha value is -1.15. The van der Waals surface area contributed by atoms with Crippen molar-refractivity contribution in [1.82, 2.24) is 15.6 Å². The number of nitrogens with zero attached hydrogens (tertiary/aromatic N) is 3. The molecule has 0 saturated carbocycles. The number of carbonyl (C=O) groups is 1. The highest BCUT2D eigenvalue weighted by Gasteiger charge is 2.23. The van der Waals surface area contributed by atoms with Gasteiger partial charge in [0.15, 0.2) is 0 Å². The van der Waals surface area contributed by atoms with E-state index < -0.39 is 5.91 Å². The summed E-state index contributed by atoms with van der Waals surface area (Å²) in [6, 6.07) is 0. The van der Waals surface area contributed by atoms with E-state index in [0.717, 1.165) is 12.3 Å². The van der Waals surface area contributed by atoms with Crippen LogP contribution < -0.4 is 0 Å². The molecular formula is C3H5N3O4. The van der Waals surface area contributed by atoms with Crippen molar-refractivity contribution in [3.05, 3.63) is 12.3 Å². The molecule has 0 fully saturated rings. The molecule has 3 N–H and O–H groups in total. The molecule has 1 aliphatic heterocycles. The molecule has 1 amide bonds. The fourth-order valence-electron chi connectivity index (χ4n) is 0.432. The van der Waals surface area contributed by atoms with Crippen LogP contribution in [0.2, 0.25) is 0 Å². The summed E-state index contributed by atoms with van der Waals surface area (Å²) >= 11 is 0. The Labute approximate surface area is 55.4 Å². The van der Waals surface area contributed by atoms with E-state index in [-0.39, 0.29) is 15.6 Å². The van der Waals surface area contributed by atoms with Crippen LogP contribution in [-0.2, 0) is 4.79 Å². The summed E-state index contributed by atoms with van der Waals surface area (Å²) in [6.45, 7) is 0. The fraction of sp³-hybridized carbons (Fsp3) is 0. The molecule has 10 heavy (non-hydrogen) atoms. The normalized spacial score (nSPS) is 20.5. The number of rotatable bonds is 0. The monoisotopic (exact) mass is 147 g/mol. The SMILES string of the molecule is O=C1C=CN(O)N(O)N1O. The first-order valence-corrected chi connectivity index (χ1v) is 2.31. The summed E-state index contributed by atoms with van der Waals surface area (Å²) in [5.74, 6) is -0.854. The van der Waals surface area contributed by atoms with Crippen molar-refractivity contribution in [2.24, 2.45) is 0 Å². The number of hydrogen-bond donors (Lipinski definition) is 3. The van der Waals surface area contributed by atoms with Crippen LogP contribution in [0.5, 0.6) is 0 Å². The summed E-state index contributed by atoms with van der Waals surface area (Å²) in [7, 11) is 0. The van der Waals surface area contributed by atoms with Gasteiger partial charge >= 0.3 is 0 Å². The van der Waals surface area contributed by atoms with Gasteiger partial charge in [0, 0.05) is 6.08 Å². The van der Waals surface area contributed by atoms with Gasteiger partial charge in [0.2, 0.25) is 0 Å². The molecule has 0 aromatic heterocycles. The van der Waals surface area contributed by atoms with Crippen molar-refractivity contribution in [3.63, 3.8) is 0 Å². The molecule has 0 aliphatic carbocycles. The van der Waals surface area contributed by atoms with Crippen LogP contribution in [0, 0.1) is 0 Å². The van der Waals surface area contributed by atoms with Gasteiger partial charge in [0.25, 0.3) is 5.91 Å². The lowest BCUT2D eigenvalue weighted by molar-refractivity contribution is -0.478. The molecule has 0 atom stereocenters. The van der Waals surface area contributed by atoms with Gasteiger partial charge in [-0.1, -0.05) is 5.17 Å². The Balaban J connectivity index is 2.79. The second kappa shape index (κ2) is 2.23. The Kier molecular flexibility index (Phi) is 1.55. The Bertz CT molecular complexity index is 181. The lowest BCUT2D eigenvalue weighted by atomic mass is 10.6. The number of hydrazine groups is 2. The fourth-order valence-corrected chi connectivity index (χ4v) is 0.432. The van der Waals surface area contributed by atoms with Gasteiger partial charge in [-0.15, -0.1) is 5.17 Å². The summed E-state index contributed by atoms with van der Waals surface area (Å²) in [6.07, 6.45) is 1.74. The van der Waals surface area contributed by atoms with Gasteiger partial charge in [-0.05, 0) is 0 Å². The van der Waals surface area contributed by atoms with E-state index in [1.54, 1.807) is 0 Å². The highest BCUT2D eigenvalue weighted by Crippen LogP contribution is 2.02. The highest BCUT2D eigenvalue weighted by atomic mass is 16.8. The van der Waals surface area contributed by atoms with Gasteiger partial charge in [-0.3, -0.25) is 20.4 Å². The molecule has 1 heterocycles. The minimum absolute atomic E-state index is 0.126. The maximum Gasteiger partial charge on any atom is 0.290 e. The predicted molar refractivity (Wildman–Crippen MR) is 25.0 cm³/mol. The first-order chi connectivity index (χ1) is 4.63. The summed E-state index contributed by atoms with van der Waals surface area (Å²) in [5.41, 5.74) is 0. The smallest absolute Gasteiger partial charge is 0.273 e. The van der Waals surface area contributed by atoms with Gasteiger partial charge in [0.05, 0.1) is 11.5 Å². The minimum Gasteiger partial charge on any atom is -0.273 e. The third-order valence-electron chi connectivity index (χ3n) is 0.900. The Morgan fingerprint density at radius 1 is 1.30 bits per heavy atom. The average Bonchev–Trinajstić information content (AvgIpc) is 1.93. The topological polar surface area (TPSA) is 87.5 Å². The molecule has 1 rings (SSSR count). The molecule has 0 bridgehead atoms. The van der Waals surface area contributed by atoms with Crippen LogP contribution >= 0.6 is 0 Å². The number of hydrogen-bond acceptors (Lipinski definition) is 6. The van der Waals surface area contributed by atoms with E-state index in [1.165, 1.54) is 0 Å². The molecule has 7 heteroatoms. The van der Waals surface area contributed by atoms with Gasteiger partial charge < -0.3 is 0 Å². The molecule has 7 nitrogen and oxygen atoms in total. The van der Waals surface area contributed by atoms with E-state index in [0.29, 0.717) is 0 Å². The molecule has 0 radical (unpaired) electrons. The van der Waals surface area contributed by atoms with Gasteiger partial charge in [-0.2, -0.15) is 0 Å². The van der Waals surface area contributed by atoms with E-state index in [1.807, 2.05) is 0 Å². The molecule has 0 aromatic rings. The zero-order valence-electron chi connectivity index (χ0n) is 4.75. The van der Waals surface area contributed by atoms with Crippen LogP contribution in [-0.4, -0.2) is 37.2 Å². The molecular weight excluding hydrogens is 142 g/mol. The van der Waals surface area contributed by atoms with Crippen LogP contribution in [0.1, 0.15) is 0 Å². The lowest BCUT2D eigenvalue weighted by Gasteiger charge is -2.29. The van der Waals surface area contributed by atoms with Crippen molar-refractivity contribution in [2.75, 3.05) is 0 Å². The molecule has 56 valence electrons. The zero-order chi connectivity index (χ0) is 7.72. The molecule has 0 unspecified atom stereocenters. The third-order valence-corrected chi connectivity index (χ3v) is 0.900. The van der Waals surface area contributed by atoms with Gasteiger partial charge in [-0.25, -0.2) is 0 Å². The van der Waals surface area contributed by atoms with E-state index in [2.05, 4.69) is 0 Å². The maximum absolute atomic E-state index is 10.4. The molecule has 0 saturated heterocycles. The minimum atomic E-state index is -0.854. The molecule has 0 spiro atoms. The van der Waals surface area contributed by atoms with Crippen LogP contribution in [0.3, 0.4) is 0 Å². The lowest BCUT2D eigenvalue weighted by Crippen LogP contribution is -2.51. The zero-order valence-corrected chi connectivity index (χ0v) is 4.75. The van der Waals surface area contributed by atoms with Crippen molar-refractivity contribution < 1.29 is 20.4 Å². The average molecular weight is 147 g/mol. The van der Waals surface area contributed by atoms with Gasteiger partial charge in [0.1, 0.15) is 0 Å². The number of carbonyl (C=O) groups excluding carboxylic acids is 1. The quantitative estimate of drug-likeness (QED) is 0.379. The number of amides is 1. The summed E-state index contributed by atoms with van der Waals surface area (Å²) in [4.78, 5) is 10.4. The van der Waals surface area contributed by atoms with Crippen LogP contribution in [0.15, 0.2) is 12.3 Å². The predicted octanol–water partition coefficient (Wildman–Crippen LogP) is -1.06.